The molecule has 0 radical (unpaired) electrons. The van der Waals surface area contributed by atoms with E-state index in [9.17, 15) is 4.79 Å². The summed E-state index contributed by atoms with van der Waals surface area (Å²) in [5.41, 5.74) is 4.74. The molecule has 5 nitrogen and oxygen atoms in total. The number of benzene rings is 3. The summed E-state index contributed by atoms with van der Waals surface area (Å²) < 4.78 is 6.63. The third-order valence-corrected chi connectivity index (χ3v) is 5.65. The van der Waals surface area contributed by atoms with Crippen LogP contribution >= 0.6 is 15.9 Å². The van der Waals surface area contributed by atoms with Gasteiger partial charge in [0.05, 0.1) is 16.7 Å². The highest BCUT2D eigenvalue weighted by atomic mass is 79.9. The predicted molar refractivity (Wildman–Crippen MR) is 116 cm³/mol. The summed E-state index contributed by atoms with van der Waals surface area (Å²) in [7, 11) is 0. The number of aromatic nitrogens is 2. The third kappa shape index (κ3) is 3.40. The molecule has 2 heterocycles. The van der Waals surface area contributed by atoms with Crippen molar-refractivity contribution >= 4 is 38.7 Å². The Morgan fingerprint density at radius 2 is 1.90 bits per heavy atom. The molecule has 0 saturated heterocycles. The number of nitrogens with zero attached hydrogens (tertiary/aromatic N) is 2. The number of amides is 1. The highest BCUT2D eigenvalue weighted by Gasteiger charge is 2.37. The summed E-state index contributed by atoms with van der Waals surface area (Å²) in [5.74, 6) is 0.756. The van der Waals surface area contributed by atoms with E-state index >= 15 is 0 Å². The van der Waals surface area contributed by atoms with Gasteiger partial charge in [-0.2, -0.15) is 0 Å². The number of anilines is 1. The SMILES string of the molecule is O=C(OCc1ccccc1)N1c2ccccc2C[C@H]1c1nc2ccc(Br)cc2[nH]1. The van der Waals surface area contributed by atoms with Crippen LogP contribution in [-0.2, 0) is 17.8 Å². The Morgan fingerprint density at radius 1 is 1.10 bits per heavy atom. The molecular formula is C23H18BrN3O2. The van der Waals surface area contributed by atoms with E-state index < -0.39 is 0 Å². The van der Waals surface area contributed by atoms with E-state index in [1.807, 2.05) is 72.8 Å². The van der Waals surface area contributed by atoms with Crippen LogP contribution < -0.4 is 4.90 Å². The molecule has 1 amide bonds. The number of halogens is 1. The number of carbonyl (C=O) groups is 1. The minimum atomic E-state index is -0.370. The molecule has 1 N–H and O–H groups in total. The number of ether oxygens (including phenoxy) is 1. The molecule has 0 saturated carbocycles. The van der Waals surface area contributed by atoms with E-state index in [0.717, 1.165) is 38.1 Å². The number of H-pyrrole nitrogens is 1. The van der Waals surface area contributed by atoms with Gasteiger partial charge in [0.1, 0.15) is 18.5 Å². The normalized spacial score (nSPS) is 15.5. The molecule has 1 aromatic heterocycles. The fourth-order valence-corrected chi connectivity index (χ4v) is 4.14. The van der Waals surface area contributed by atoms with Crippen molar-refractivity contribution in [1.82, 2.24) is 9.97 Å². The fraction of sp³-hybridized carbons (Fsp3) is 0.130. The molecule has 6 heteroatoms. The Hall–Kier alpha value is -3.12. The molecular weight excluding hydrogens is 430 g/mol. The second kappa shape index (κ2) is 7.37. The highest BCUT2D eigenvalue weighted by molar-refractivity contribution is 9.10. The summed E-state index contributed by atoms with van der Waals surface area (Å²) in [6.07, 6.45) is 0.322. The van der Waals surface area contributed by atoms with Crippen molar-refractivity contribution < 1.29 is 9.53 Å². The van der Waals surface area contributed by atoms with Gasteiger partial charge in [0.2, 0.25) is 0 Å². The summed E-state index contributed by atoms with van der Waals surface area (Å²) in [6, 6.07) is 23.3. The number of hydrogen-bond donors (Lipinski definition) is 1. The second-order valence-electron chi connectivity index (χ2n) is 7.04. The lowest BCUT2D eigenvalue weighted by atomic mass is 10.1. The number of aromatic amines is 1. The van der Waals surface area contributed by atoms with Crippen molar-refractivity contribution in [2.75, 3.05) is 4.90 Å². The maximum absolute atomic E-state index is 13.1. The number of imidazole rings is 1. The van der Waals surface area contributed by atoms with Crippen molar-refractivity contribution in [2.45, 2.75) is 19.1 Å². The van der Waals surface area contributed by atoms with Gasteiger partial charge in [0.25, 0.3) is 0 Å². The third-order valence-electron chi connectivity index (χ3n) is 5.16. The average Bonchev–Trinajstić information content (AvgIpc) is 3.33. The van der Waals surface area contributed by atoms with E-state index in [2.05, 4.69) is 20.9 Å². The topological polar surface area (TPSA) is 58.2 Å². The lowest BCUT2D eigenvalue weighted by Gasteiger charge is -2.23. The van der Waals surface area contributed by atoms with Crippen LogP contribution in [0.3, 0.4) is 0 Å². The lowest BCUT2D eigenvalue weighted by molar-refractivity contribution is 0.145. The Labute approximate surface area is 176 Å². The molecule has 1 aliphatic rings. The van der Waals surface area contributed by atoms with Crippen LogP contribution in [-0.4, -0.2) is 16.1 Å². The predicted octanol–water partition coefficient (Wildman–Crippen LogP) is 5.77. The number of para-hydroxylation sites is 1. The van der Waals surface area contributed by atoms with Crippen molar-refractivity contribution in [1.29, 1.82) is 0 Å². The van der Waals surface area contributed by atoms with E-state index in [1.165, 1.54) is 0 Å². The molecule has 0 fully saturated rings. The maximum atomic E-state index is 13.1. The minimum Gasteiger partial charge on any atom is -0.444 e. The van der Waals surface area contributed by atoms with Crippen molar-refractivity contribution in [3.63, 3.8) is 0 Å². The zero-order chi connectivity index (χ0) is 19.8. The van der Waals surface area contributed by atoms with Crippen molar-refractivity contribution in [3.05, 3.63) is 94.2 Å². The van der Waals surface area contributed by atoms with E-state index in [0.29, 0.717) is 6.42 Å². The first kappa shape index (κ1) is 17.9. The molecule has 5 rings (SSSR count). The number of nitrogens with one attached hydrogen (secondary N) is 1. The van der Waals surface area contributed by atoms with Crippen LogP contribution in [0.5, 0.6) is 0 Å². The van der Waals surface area contributed by atoms with Gasteiger partial charge in [0.15, 0.2) is 0 Å². The first-order valence-corrected chi connectivity index (χ1v) is 10.2. The first-order valence-electron chi connectivity index (χ1n) is 9.42. The molecule has 4 aromatic rings. The lowest BCUT2D eigenvalue weighted by Crippen LogP contribution is -2.33. The Kier molecular flexibility index (Phi) is 4.56. The van der Waals surface area contributed by atoms with Crippen LogP contribution in [0.2, 0.25) is 0 Å². The van der Waals surface area contributed by atoms with Gasteiger partial charge in [-0.05, 0) is 35.4 Å². The molecule has 1 atom stereocenters. The molecule has 29 heavy (non-hydrogen) atoms. The summed E-state index contributed by atoms with van der Waals surface area (Å²) in [5, 5.41) is 0. The van der Waals surface area contributed by atoms with Crippen molar-refractivity contribution in [2.24, 2.45) is 0 Å². The summed E-state index contributed by atoms with van der Waals surface area (Å²) >= 11 is 3.49. The van der Waals surface area contributed by atoms with E-state index in [1.54, 1.807) is 4.90 Å². The minimum absolute atomic E-state index is 0.234. The van der Waals surface area contributed by atoms with Gasteiger partial charge >= 0.3 is 6.09 Å². The van der Waals surface area contributed by atoms with Crippen LogP contribution in [0.4, 0.5) is 10.5 Å². The molecule has 0 spiro atoms. The Balaban J connectivity index is 1.47. The first-order chi connectivity index (χ1) is 14.2. The van der Waals surface area contributed by atoms with Gasteiger partial charge in [0, 0.05) is 10.9 Å². The number of fused-ring (bicyclic) bond motifs is 2. The average molecular weight is 448 g/mol. The molecule has 144 valence electrons. The molecule has 1 aliphatic heterocycles. The van der Waals surface area contributed by atoms with Gasteiger partial charge in [-0.1, -0.05) is 64.5 Å². The number of rotatable bonds is 3. The Bertz CT molecular complexity index is 1190. The standard InChI is InChI=1S/C23H18BrN3O2/c24-17-10-11-18-19(13-17)26-22(25-18)21-12-16-8-4-5-9-20(16)27(21)23(28)29-14-15-6-2-1-3-7-15/h1-11,13,21H,12,14H2,(H,25,26)/t21-/m0/s1. The van der Waals surface area contributed by atoms with E-state index in [-0.39, 0.29) is 18.7 Å². The largest absolute Gasteiger partial charge is 0.444 e. The van der Waals surface area contributed by atoms with E-state index in [4.69, 9.17) is 9.72 Å². The summed E-state index contributed by atoms with van der Waals surface area (Å²) in [4.78, 5) is 22.9. The van der Waals surface area contributed by atoms with Gasteiger partial charge < -0.3 is 9.72 Å². The smallest absolute Gasteiger partial charge is 0.415 e. The molecule has 3 aromatic carbocycles. The number of carbonyl (C=O) groups excluding carboxylic acids is 1. The quantitative estimate of drug-likeness (QED) is 0.433. The van der Waals surface area contributed by atoms with Gasteiger partial charge in [-0.25, -0.2) is 9.78 Å². The maximum Gasteiger partial charge on any atom is 0.415 e. The molecule has 0 unspecified atom stereocenters. The fourth-order valence-electron chi connectivity index (χ4n) is 3.78. The van der Waals surface area contributed by atoms with Crippen LogP contribution in [0.1, 0.15) is 23.0 Å². The number of hydrogen-bond acceptors (Lipinski definition) is 3. The van der Waals surface area contributed by atoms with Crippen LogP contribution in [0.15, 0.2) is 77.3 Å². The highest BCUT2D eigenvalue weighted by Crippen LogP contribution is 2.40. The zero-order valence-corrected chi connectivity index (χ0v) is 17.1. The van der Waals surface area contributed by atoms with Crippen LogP contribution in [0.25, 0.3) is 11.0 Å². The Morgan fingerprint density at radius 3 is 2.76 bits per heavy atom. The van der Waals surface area contributed by atoms with Gasteiger partial charge in [-0.3, -0.25) is 4.90 Å². The van der Waals surface area contributed by atoms with Gasteiger partial charge in [-0.15, -0.1) is 0 Å². The zero-order valence-electron chi connectivity index (χ0n) is 15.5. The molecule has 0 aliphatic carbocycles. The second-order valence-corrected chi connectivity index (χ2v) is 7.96. The van der Waals surface area contributed by atoms with Crippen LogP contribution in [0, 0.1) is 0 Å². The van der Waals surface area contributed by atoms with Crippen molar-refractivity contribution in [3.8, 4) is 0 Å². The monoisotopic (exact) mass is 447 g/mol. The summed E-state index contributed by atoms with van der Waals surface area (Å²) in [6.45, 7) is 0.234. The molecule has 0 bridgehead atoms.